The van der Waals surface area contributed by atoms with Crippen molar-refractivity contribution in [2.45, 2.75) is 38.1 Å². The van der Waals surface area contributed by atoms with Crippen LogP contribution < -0.4 is 10.6 Å². The summed E-state index contributed by atoms with van der Waals surface area (Å²) < 4.78 is 0. The monoisotopic (exact) mass is 213 g/mol. The molecule has 0 aromatic heterocycles. The van der Waals surface area contributed by atoms with Gasteiger partial charge in [-0.1, -0.05) is 19.3 Å². The van der Waals surface area contributed by atoms with Crippen molar-refractivity contribution in [1.29, 1.82) is 0 Å². The van der Waals surface area contributed by atoms with E-state index in [2.05, 4.69) is 10.6 Å². The van der Waals surface area contributed by atoms with E-state index < -0.39 is 0 Å². The minimum Gasteiger partial charge on any atom is -0.337 e. The summed E-state index contributed by atoms with van der Waals surface area (Å²) in [5.74, 6) is 0. The van der Waals surface area contributed by atoms with Crippen molar-refractivity contribution in [2.24, 2.45) is 0 Å². The third-order valence-electron chi connectivity index (χ3n) is 2.85. The van der Waals surface area contributed by atoms with Crippen molar-refractivity contribution in [2.75, 3.05) is 27.2 Å². The second-order valence-electron chi connectivity index (χ2n) is 4.42. The molecule has 0 radical (unpaired) electrons. The molecule has 15 heavy (non-hydrogen) atoms. The molecule has 4 heteroatoms. The van der Waals surface area contributed by atoms with E-state index in [4.69, 9.17) is 0 Å². The largest absolute Gasteiger partial charge is 0.337 e. The van der Waals surface area contributed by atoms with Gasteiger partial charge >= 0.3 is 6.03 Å². The van der Waals surface area contributed by atoms with Gasteiger partial charge in [-0.3, -0.25) is 0 Å². The summed E-state index contributed by atoms with van der Waals surface area (Å²) in [6, 6.07) is 0.662. The van der Waals surface area contributed by atoms with Gasteiger partial charge in [0.2, 0.25) is 0 Å². The zero-order valence-electron chi connectivity index (χ0n) is 9.88. The maximum atomic E-state index is 11.2. The minimum absolute atomic E-state index is 0.0135. The fourth-order valence-electron chi connectivity index (χ4n) is 1.91. The van der Waals surface area contributed by atoms with Gasteiger partial charge in [0.25, 0.3) is 0 Å². The first-order chi connectivity index (χ1) is 7.20. The summed E-state index contributed by atoms with van der Waals surface area (Å²) in [6.07, 6.45) is 6.67. The van der Waals surface area contributed by atoms with Gasteiger partial charge in [-0.15, -0.1) is 0 Å². The Morgan fingerprint density at radius 1 is 1.20 bits per heavy atom. The molecule has 2 amide bonds. The van der Waals surface area contributed by atoms with Crippen LogP contribution in [0.5, 0.6) is 0 Å². The molecule has 0 aromatic rings. The highest BCUT2D eigenvalue weighted by molar-refractivity contribution is 5.73. The quantitative estimate of drug-likeness (QED) is 0.689. The summed E-state index contributed by atoms with van der Waals surface area (Å²) in [6.45, 7) is 1.60. The summed E-state index contributed by atoms with van der Waals surface area (Å²) >= 11 is 0. The lowest BCUT2D eigenvalue weighted by Crippen LogP contribution is -2.41. The maximum Gasteiger partial charge on any atom is 0.316 e. The Bertz CT molecular complexity index is 188. The van der Waals surface area contributed by atoms with Crippen molar-refractivity contribution >= 4 is 6.03 Å². The van der Waals surface area contributed by atoms with Gasteiger partial charge in [0.1, 0.15) is 0 Å². The van der Waals surface area contributed by atoms with Crippen LogP contribution in [-0.4, -0.2) is 44.2 Å². The van der Waals surface area contributed by atoms with E-state index in [-0.39, 0.29) is 6.03 Å². The Morgan fingerprint density at radius 3 is 2.47 bits per heavy atom. The normalized spacial score (nSPS) is 17.5. The number of rotatable bonds is 4. The number of urea groups is 1. The number of hydrogen-bond acceptors (Lipinski definition) is 2. The number of nitrogens with zero attached hydrogens (tertiary/aromatic N) is 1. The van der Waals surface area contributed by atoms with E-state index in [1.54, 1.807) is 19.0 Å². The number of amides is 2. The SMILES string of the molecule is CN(C)C(=O)NCCNC1CCCCC1. The first-order valence-electron chi connectivity index (χ1n) is 5.88. The lowest BCUT2D eigenvalue weighted by Gasteiger charge is -2.23. The molecule has 1 rings (SSSR count). The minimum atomic E-state index is -0.0135. The van der Waals surface area contributed by atoms with Crippen molar-refractivity contribution in [1.82, 2.24) is 15.5 Å². The van der Waals surface area contributed by atoms with Crippen LogP contribution in [0.3, 0.4) is 0 Å². The molecule has 0 aromatic carbocycles. The first-order valence-corrected chi connectivity index (χ1v) is 5.88. The second kappa shape index (κ2) is 6.67. The third kappa shape index (κ3) is 5.02. The molecule has 1 aliphatic carbocycles. The predicted octanol–water partition coefficient (Wildman–Crippen LogP) is 1.18. The zero-order chi connectivity index (χ0) is 11.1. The van der Waals surface area contributed by atoms with Crippen molar-refractivity contribution in [3.63, 3.8) is 0 Å². The van der Waals surface area contributed by atoms with Crippen molar-refractivity contribution in [3.8, 4) is 0 Å². The number of carbonyl (C=O) groups excluding carboxylic acids is 1. The molecule has 1 saturated carbocycles. The van der Waals surface area contributed by atoms with Crippen LogP contribution in [0.4, 0.5) is 4.79 Å². The highest BCUT2D eigenvalue weighted by atomic mass is 16.2. The summed E-state index contributed by atoms with van der Waals surface area (Å²) in [7, 11) is 3.51. The zero-order valence-corrected chi connectivity index (χ0v) is 9.88. The van der Waals surface area contributed by atoms with Crippen LogP contribution in [0.1, 0.15) is 32.1 Å². The lowest BCUT2D eigenvalue weighted by molar-refractivity contribution is 0.217. The Balaban J connectivity index is 1.98. The van der Waals surface area contributed by atoms with Crippen LogP contribution in [0.25, 0.3) is 0 Å². The Morgan fingerprint density at radius 2 is 1.87 bits per heavy atom. The van der Waals surface area contributed by atoms with E-state index in [9.17, 15) is 4.79 Å². The molecule has 0 spiro atoms. The van der Waals surface area contributed by atoms with Gasteiger partial charge in [-0.25, -0.2) is 4.79 Å². The Kier molecular flexibility index (Phi) is 5.47. The topological polar surface area (TPSA) is 44.4 Å². The van der Waals surface area contributed by atoms with Gasteiger partial charge in [0.15, 0.2) is 0 Å². The maximum absolute atomic E-state index is 11.2. The molecule has 1 fully saturated rings. The average molecular weight is 213 g/mol. The van der Waals surface area contributed by atoms with Crippen LogP contribution in [0, 0.1) is 0 Å². The first kappa shape index (κ1) is 12.3. The van der Waals surface area contributed by atoms with E-state index in [0.717, 1.165) is 6.54 Å². The molecule has 0 saturated heterocycles. The fourth-order valence-corrected chi connectivity index (χ4v) is 1.91. The summed E-state index contributed by atoms with van der Waals surface area (Å²) in [5, 5.41) is 6.33. The number of carbonyl (C=O) groups is 1. The molecular formula is C11H23N3O. The summed E-state index contributed by atoms with van der Waals surface area (Å²) in [5.41, 5.74) is 0. The van der Waals surface area contributed by atoms with Gasteiger partial charge in [0, 0.05) is 33.2 Å². The smallest absolute Gasteiger partial charge is 0.316 e. The molecule has 1 aliphatic rings. The molecule has 0 atom stereocenters. The second-order valence-corrected chi connectivity index (χ2v) is 4.42. The van der Waals surface area contributed by atoms with Crippen LogP contribution in [0.2, 0.25) is 0 Å². The summed E-state index contributed by atoms with van der Waals surface area (Å²) in [4.78, 5) is 12.7. The molecule has 0 heterocycles. The number of hydrogen-bond donors (Lipinski definition) is 2. The molecule has 0 bridgehead atoms. The van der Waals surface area contributed by atoms with Crippen molar-refractivity contribution < 1.29 is 4.79 Å². The van der Waals surface area contributed by atoms with Crippen LogP contribution in [-0.2, 0) is 0 Å². The van der Waals surface area contributed by atoms with E-state index in [1.807, 2.05) is 0 Å². The van der Waals surface area contributed by atoms with Crippen molar-refractivity contribution in [3.05, 3.63) is 0 Å². The van der Waals surface area contributed by atoms with Gasteiger partial charge in [-0.05, 0) is 12.8 Å². The molecular weight excluding hydrogens is 190 g/mol. The Hall–Kier alpha value is -0.770. The Labute approximate surface area is 92.4 Å². The molecule has 4 nitrogen and oxygen atoms in total. The average Bonchev–Trinajstić information content (AvgIpc) is 2.25. The number of nitrogens with one attached hydrogen (secondary N) is 2. The molecule has 2 N–H and O–H groups in total. The van der Waals surface area contributed by atoms with Crippen LogP contribution >= 0.6 is 0 Å². The predicted molar refractivity (Wildman–Crippen MR) is 62.0 cm³/mol. The van der Waals surface area contributed by atoms with Gasteiger partial charge in [0.05, 0.1) is 0 Å². The fraction of sp³-hybridized carbons (Fsp3) is 0.909. The van der Waals surface area contributed by atoms with Crippen LogP contribution in [0.15, 0.2) is 0 Å². The molecule has 0 unspecified atom stereocenters. The van der Waals surface area contributed by atoms with E-state index in [1.165, 1.54) is 32.1 Å². The highest BCUT2D eigenvalue weighted by Gasteiger charge is 2.11. The molecule has 0 aliphatic heterocycles. The lowest BCUT2D eigenvalue weighted by atomic mass is 9.95. The van der Waals surface area contributed by atoms with E-state index >= 15 is 0 Å². The van der Waals surface area contributed by atoms with Gasteiger partial charge < -0.3 is 15.5 Å². The third-order valence-corrected chi connectivity index (χ3v) is 2.85. The standard InChI is InChI=1S/C11H23N3O/c1-14(2)11(15)13-9-8-12-10-6-4-3-5-7-10/h10,12H,3-9H2,1-2H3,(H,13,15). The van der Waals surface area contributed by atoms with E-state index in [0.29, 0.717) is 12.6 Å². The van der Waals surface area contributed by atoms with Gasteiger partial charge in [-0.2, -0.15) is 0 Å². The molecule has 88 valence electrons. The highest BCUT2D eigenvalue weighted by Crippen LogP contribution is 2.16.